The Kier molecular flexibility index (Phi) is 6.16. The Morgan fingerprint density at radius 2 is 1.89 bits per heavy atom. The van der Waals surface area contributed by atoms with Gasteiger partial charge in [0.25, 0.3) is 0 Å². The summed E-state index contributed by atoms with van der Waals surface area (Å²) in [5.41, 5.74) is 9.36. The van der Waals surface area contributed by atoms with Gasteiger partial charge in [0.2, 0.25) is 0 Å². The second-order valence-electron chi connectivity index (χ2n) is 5.06. The maximum Gasteiger partial charge on any atom is 0.124 e. The zero-order valence-corrected chi connectivity index (χ0v) is 12.0. The van der Waals surface area contributed by atoms with Gasteiger partial charge in [0.1, 0.15) is 5.75 Å². The van der Waals surface area contributed by atoms with Crippen LogP contribution < -0.4 is 15.8 Å². The van der Waals surface area contributed by atoms with E-state index in [4.69, 9.17) is 10.5 Å². The van der Waals surface area contributed by atoms with Crippen molar-refractivity contribution >= 4 is 0 Å². The van der Waals surface area contributed by atoms with E-state index in [1.54, 1.807) is 7.11 Å². The number of ether oxygens (including phenoxy) is 1. The van der Waals surface area contributed by atoms with Crippen LogP contribution in [0, 0.1) is 19.8 Å². The summed E-state index contributed by atoms with van der Waals surface area (Å²) in [6, 6.07) is 4.42. The van der Waals surface area contributed by atoms with Crippen LogP contribution in [0.4, 0.5) is 0 Å². The van der Waals surface area contributed by atoms with Gasteiger partial charge in [-0.15, -0.1) is 0 Å². The molecule has 3 nitrogen and oxygen atoms in total. The Morgan fingerprint density at radius 1 is 1.28 bits per heavy atom. The Balaban J connectivity index is 2.48. The molecule has 0 radical (unpaired) electrons. The van der Waals surface area contributed by atoms with E-state index in [9.17, 15) is 0 Å². The standard InChI is InChI=1S/C15H26N2O/c1-11(9-16)10-17-6-5-14-7-12(2)15(18-4)13(3)8-14/h7-8,11,17H,5-6,9-10,16H2,1-4H3. The van der Waals surface area contributed by atoms with E-state index in [0.29, 0.717) is 5.92 Å². The highest BCUT2D eigenvalue weighted by atomic mass is 16.5. The number of benzene rings is 1. The molecule has 0 heterocycles. The molecule has 0 bridgehead atoms. The van der Waals surface area contributed by atoms with Crippen molar-refractivity contribution < 1.29 is 4.74 Å². The van der Waals surface area contributed by atoms with E-state index >= 15 is 0 Å². The van der Waals surface area contributed by atoms with Crippen molar-refractivity contribution in [1.29, 1.82) is 0 Å². The number of nitrogens with two attached hydrogens (primary N) is 1. The first kappa shape index (κ1) is 15.0. The average Bonchev–Trinajstić information content (AvgIpc) is 2.34. The molecule has 0 saturated carbocycles. The molecular weight excluding hydrogens is 224 g/mol. The number of rotatable bonds is 7. The third kappa shape index (κ3) is 4.31. The van der Waals surface area contributed by atoms with E-state index in [-0.39, 0.29) is 0 Å². The zero-order chi connectivity index (χ0) is 13.5. The van der Waals surface area contributed by atoms with Crippen LogP contribution in [0.15, 0.2) is 12.1 Å². The summed E-state index contributed by atoms with van der Waals surface area (Å²) in [4.78, 5) is 0. The Bertz CT molecular complexity index is 354. The molecule has 0 fully saturated rings. The number of methoxy groups -OCH3 is 1. The monoisotopic (exact) mass is 250 g/mol. The van der Waals surface area contributed by atoms with Crippen LogP contribution in [-0.4, -0.2) is 26.7 Å². The Labute approximate surface area is 111 Å². The van der Waals surface area contributed by atoms with E-state index in [0.717, 1.165) is 31.8 Å². The minimum absolute atomic E-state index is 0.546. The van der Waals surface area contributed by atoms with E-state index < -0.39 is 0 Å². The SMILES string of the molecule is COc1c(C)cc(CCNCC(C)CN)cc1C. The van der Waals surface area contributed by atoms with Crippen molar-refractivity contribution in [3.8, 4) is 5.75 Å². The summed E-state index contributed by atoms with van der Waals surface area (Å²) < 4.78 is 5.37. The molecule has 1 atom stereocenters. The average molecular weight is 250 g/mol. The maximum absolute atomic E-state index is 5.58. The van der Waals surface area contributed by atoms with Crippen LogP contribution >= 0.6 is 0 Å². The smallest absolute Gasteiger partial charge is 0.124 e. The fourth-order valence-electron chi connectivity index (χ4n) is 2.17. The topological polar surface area (TPSA) is 47.3 Å². The molecule has 0 spiro atoms. The van der Waals surface area contributed by atoms with E-state index in [1.165, 1.54) is 16.7 Å². The van der Waals surface area contributed by atoms with Gasteiger partial charge >= 0.3 is 0 Å². The molecule has 18 heavy (non-hydrogen) atoms. The van der Waals surface area contributed by atoms with Crippen LogP contribution in [0.1, 0.15) is 23.6 Å². The quantitative estimate of drug-likeness (QED) is 0.728. The fourth-order valence-corrected chi connectivity index (χ4v) is 2.17. The molecule has 0 amide bonds. The van der Waals surface area contributed by atoms with Gasteiger partial charge in [-0.2, -0.15) is 0 Å². The largest absolute Gasteiger partial charge is 0.496 e. The van der Waals surface area contributed by atoms with Gasteiger partial charge in [-0.05, 0) is 62.5 Å². The van der Waals surface area contributed by atoms with Crippen molar-refractivity contribution in [3.05, 3.63) is 28.8 Å². The van der Waals surface area contributed by atoms with Crippen LogP contribution in [0.25, 0.3) is 0 Å². The number of nitrogens with one attached hydrogen (secondary N) is 1. The van der Waals surface area contributed by atoms with Gasteiger partial charge in [0.05, 0.1) is 7.11 Å². The summed E-state index contributed by atoms with van der Waals surface area (Å²) in [6.07, 6.45) is 1.04. The summed E-state index contributed by atoms with van der Waals surface area (Å²) in [5.74, 6) is 1.55. The van der Waals surface area contributed by atoms with Crippen molar-refractivity contribution in [3.63, 3.8) is 0 Å². The minimum Gasteiger partial charge on any atom is -0.496 e. The summed E-state index contributed by atoms with van der Waals surface area (Å²) in [6.45, 7) is 9.08. The first-order chi connectivity index (χ1) is 8.58. The van der Waals surface area contributed by atoms with Crippen LogP contribution in [0.5, 0.6) is 5.75 Å². The van der Waals surface area contributed by atoms with E-state index in [2.05, 4.69) is 38.2 Å². The van der Waals surface area contributed by atoms with Gasteiger partial charge in [0, 0.05) is 0 Å². The summed E-state index contributed by atoms with van der Waals surface area (Å²) in [5, 5.41) is 3.44. The highest BCUT2D eigenvalue weighted by Crippen LogP contribution is 2.24. The third-order valence-corrected chi connectivity index (χ3v) is 3.21. The molecule has 102 valence electrons. The molecular formula is C15H26N2O. The predicted octanol–water partition coefficient (Wildman–Crippen LogP) is 2.04. The van der Waals surface area contributed by atoms with Crippen LogP contribution in [0.2, 0.25) is 0 Å². The molecule has 3 N–H and O–H groups in total. The first-order valence-corrected chi connectivity index (χ1v) is 6.63. The summed E-state index contributed by atoms with van der Waals surface area (Å²) >= 11 is 0. The molecule has 1 aromatic carbocycles. The number of hydrogen-bond donors (Lipinski definition) is 2. The van der Waals surface area contributed by atoms with Gasteiger partial charge in [-0.3, -0.25) is 0 Å². The molecule has 1 rings (SSSR count). The lowest BCUT2D eigenvalue weighted by Gasteiger charge is -2.13. The minimum atomic E-state index is 0.546. The van der Waals surface area contributed by atoms with Crippen LogP contribution in [0.3, 0.4) is 0 Å². The van der Waals surface area contributed by atoms with Gasteiger partial charge < -0.3 is 15.8 Å². The molecule has 0 saturated heterocycles. The second kappa shape index (κ2) is 7.39. The van der Waals surface area contributed by atoms with Crippen molar-refractivity contribution in [2.45, 2.75) is 27.2 Å². The third-order valence-electron chi connectivity index (χ3n) is 3.21. The molecule has 3 heteroatoms. The lowest BCUT2D eigenvalue weighted by atomic mass is 10.0. The molecule has 0 aliphatic carbocycles. The zero-order valence-electron chi connectivity index (χ0n) is 12.0. The Hall–Kier alpha value is -1.06. The van der Waals surface area contributed by atoms with Gasteiger partial charge in [-0.25, -0.2) is 0 Å². The lowest BCUT2D eigenvalue weighted by Crippen LogP contribution is -2.27. The van der Waals surface area contributed by atoms with Crippen molar-refractivity contribution in [2.75, 3.05) is 26.7 Å². The van der Waals surface area contributed by atoms with Crippen molar-refractivity contribution in [1.82, 2.24) is 5.32 Å². The number of aryl methyl sites for hydroxylation is 2. The highest BCUT2D eigenvalue weighted by molar-refractivity contribution is 5.43. The maximum atomic E-state index is 5.58. The fraction of sp³-hybridized carbons (Fsp3) is 0.600. The second-order valence-corrected chi connectivity index (χ2v) is 5.06. The first-order valence-electron chi connectivity index (χ1n) is 6.63. The number of hydrogen-bond acceptors (Lipinski definition) is 3. The predicted molar refractivity (Wildman–Crippen MR) is 77.3 cm³/mol. The molecule has 1 unspecified atom stereocenters. The Morgan fingerprint density at radius 3 is 2.39 bits per heavy atom. The van der Waals surface area contributed by atoms with Gasteiger partial charge in [0.15, 0.2) is 0 Å². The highest BCUT2D eigenvalue weighted by Gasteiger charge is 2.05. The molecule has 1 aromatic rings. The molecule has 0 aliphatic rings. The normalized spacial score (nSPS) is 12.5. The van der Waals surface area contributed by atoms with Gasteiger partial charge in [-0.1, -0.05) is 19.1 Å². The molecule has 0 aliphatic heterocycles. The van der Waals surface area contributed by atoms with Crippen molar-refractivity contribution in [2.24, 2.45) is 11.7 Å². The lowest BCUT2D eigenvalue weighted by molar-refractivity contribution is 0.408. The van der Waals surface area contributed by atoms with Crippen LogP contribution in [-0.2, 0) is 6.42 Å². The van der Waals surface area contributed by atoms with E-state index in [1.807, 2.05) is 0 Å². The molecule has 0 aromatic heterocycles. The summed E-state index contributed by atoms with van der Waals surface area (Å²) in [7, 11) is 1.73.